The fourth-order valence-corrected chi connectivity index (χ4v) is 3.63. The summed E-state index contributed by atoms with van der Waals surface area (Å²) >= 11 is 0. The summed E-state index contributed by atoms with van der Waals surface area (Å²) in [5.74, 6) is -0.0201. The van der Waals surface area contributed by atoms with Crippen molar-refractivity contribution < 1.29 is 9.53 Å². The third-order valence-corrected chi connectivity index (χ3v) is 5.38. The second-order valence-electron chi connectivity index (χ2n) is 8.62. The Morgan fingerprint density at radius 1 is 1.11 bits per heavy atom. The molecule has 0 radical (unpaired) electrons. The zero-order valence-corrected chi connectivity index (χ0v) is 17.5. The van der Waals surface area contributed by atoms with Crippen LogP contribution in [0.3, 0.4) is 0 Å². The molecule has 0 aliphatic carbocycles. The number of hydrogen-bond acceptors (Lipinski definition) is 3. The number of morpholine rings is 1. The van der Waals surface area contributed by atoms with Crippen LogP contribution in [0.2, 0.25) is 0 Å². The summed E-state index contributed by atoms with van der Waals surface area (Å²) in [7, 11) is 0. The van der Waals surface area contributed by atoms with Gasteiger partial charge in [-0.25, -0.2) is 0 Å². The lowest BCUT2D eigenvalue weighted by Gasteiger charge is -2.35. The van der Waals surface area contributed by atoms with E-state index < -0.39 is 0 Å². The molecule has 0 spiro atoms. The van der Waals surface area contributed by atoms with Crippen molar-refractivity contribution in [3.8, 4) is 0 Å². The molecule has 2 aromatic carbocycles. The minimum atomic E-state index is -0.0201. The van der Waals surface area contributed by atoms with Gasteiger partial charge in [-0.1, -0.05) is 62.7 Å². The molecule has 1 N–H and O–H groups in total. The van der Waals surface area contributed by atoms with Gasteiger partial charge in [0, 0.05) is 25.2 Å². The van der Waals surface area contributed by atoms with Crippen LogP contribution < -0.4 is 5.32 Å². The summed E-state index contributed by atoms with van der Waals surface area (Å²) in [4.78, 5) is 15.1. The lowest BCUT2D eigenvalue weighted by molar-refractivity contribution is 0.0162. The summed E-state index contributed by atoms with van der Waals surface area (Å²) < 4.78 is 5.53. The van der Waals surface area contributed by atoms with Gasteiger partial charge in [-0.2, -0.15) is 0 Å². The molecule has 1 aliphatic heterocycles. The summed E-state index contributed by atoms with van der Waals surface area (Å²) in [5, 5.41) is 3.15. The van der Waals surface area contributed by atoms with Crippen molar-refractivity contribution in [2.75, 3.05) is 32.8 Å². The molecule has 0 unspecified atom stereocenters. The summed E-state index contributed by atoms with van der Waals surface area (Å²) in [6.07, 6.45) is 0. The molecule has 1 saturated heterocycles. The molecule has 3 rings (SSSR count). The Morgan fingerprint density at radius 3 is 2.39 bits per heavy atom. The van der Waals surface area contributed by atoms with Crippen molar-refractivity contribution in [1.82, 2.24) is 10.2 Å². The van der Waals surface area contributed by atoms with Crippen LogP contribution in [0.15, 0.2) is 48.5 Å². The quantitative estimate of drug-likeness (QED) is 0.849. The van der Waals surface area contributed by atoms with Crippen LogP contribution >= 0.6 is 0 Å². The van der Waals surface area contributed by atoms with Crippen molar-refractivity contribution in [3.63, 3.8) is 0 Å². The monoisotopic (exact) mass is 380 g/mol. The number of amides is 1. The van der Waals surface area contributed by atoms with Gasteiger partial charge in [0.2, 0.25) is 0 Å². The van der Waals surface area contributed by atoms with E-state index >= 15 is 0 Å². The molecule has 1 heterocycles. The molecule has 150 valence electrons. The van der Waals surface area contributed by atoms with Gasteiger partial charge in [-0.05, 0) is 35.6 Å². The molecule has 0 saturated carbocycles. The van der Waals surface area contributed by atoms with Crippen LogP contribution in [-0.2, 0) is 10.2 Å². The summed E-state index contributed by atoms with van der Waals surface area (Å²) in [5.41, 5.74) is 4.49. The number of rotatable bonds is 5. The summed E-state index contributed by atoms with van der Waals surface area (Å²) in [6.45, 7) is 12.5. The maximum atomic E-state index is 12.6. The van der Waals surface area contributed by atoms with E-state index in [4.69, 9.17) is 4.74 Å². The largest absolute Gasteiger partial charge is 0.379 e. The first-order chi connectivity index (χ1) is 13.3. The van der Waals surface area contributed by atoms with Gasteiger partial charge in [-0.3, -0.25) is 9.69 Å². The van der Waals surface area contributed by atoms with Crippen molar-refractivity contribution in [3.05, 3.63) is 70.8 Å². The Kier molecular flexibility index (Phi) is 6.53. The van der Waals surface area contributed by atoms with E-state index in [9.17, 15) is 4.79 Å². The van der Waals surface area contributed by atoms with E-state index in [1.807, 2.05) is 31.2 Å². The molecule has 4 nitrogen and oxygen atoms in total. The SMILES string of the molecule is Cc1cccc(C(=O)NC[C@@H](c2ccc(C(C)(C)C)cc2)N2CCOCC2)c1. The zero-order valence-electron chi connectivity index (χ0n) is 17.5. The molecule has 0 aromatic heterocycles. The first-order valence-electron chi connectivity index (χ1n) is 10.1. The molecule has 28 heavy (non-hydrogen) atoms. The molecular formula is C24H32N2O2. The minimum absolute atomic E-state index is 0.0201. The van der Waals surface area contributed by atoms with Crippen molar-refractivity contribution >= 4 is 5.91 Å². The van der Waals surface area contributed by atoms with Gasteiger partial charge in [-0.15, -0.1) is 0 Å². The number of carbonyl (C=O) groups excluding carboxylic acids is 1. The molecular weight excluding hydrogens is 348 g/mol. The van der Waals surface area contributed by atoms with Crippen LogP contribution in [0.4, 0.5) is 0 Å². The van der Waals surface area contributed by atoms with Gasteiger partial charge in [0.1, 0.15) is 0 Å². The van der Waals surface area contributed by atoms with Crippen LogP contribution in [0.5, 0.6) is 0 Å². The van der Waals surface area contributed by atoms with E-state index in [-0.39, 0.29) is 17.4 Å². The van der Waals surface area contributed by atoms with E-state index in [1.54, 1.807) is 0 Å². The Hall–Kier alpha value is -2.17. The number of benzene rings is 2. The van der Waals surface area contributed by atoms with Gasteiger partial charge in [0.05, 0.1) is 19.3 Å². The molecule has 1 amide bonds. The van der Waals surface area contributed by atoms with Crippen molar-refractivity contribution in [2.24, 2.45) is 0 Å². The number of nitrogens with one attached hydrogen (secondary N) is 1. The number of carbonyl (C=O) groups is 1. The predicted octanol–water partition coefficient (Wildman–Crippen LogP) is 4.10. The van der Waals surface area contributed by atoms with Crippen molar-refractivity contribution in [1.29, 1.82) is 0 Å². The Morgan fingerprint density at radius 2 is 1.79 bits per heavy atom. The fourth-order valence-electron chi connectivity index (χ4n) is 3.63. The lowest BCUT2D eigenvalue weighted by Crippen LogP contribution is -2.43. The van der Waals surface area contributed by atoms with Gasteiger partial charge >= 0.3 is 0 Å². The van der Waals surface area contributed by atoms with Gasteiger partial charge < -0.3 is 10.1 Å². The average Bonchev–Trinajstić information content (AvgIpc) is 2.68. The van der Waals surface area contributed by atoms with E-state index in [2.05, 4.69) is 55.3 Å². The molecule has 4 heteroatoms. The molecule has 1 fully saturated rings. The fraction of sp³-hybridized carbons (Fsp3) is 0.458. The maximum Gasteiger partial charge on any atom is 0.251 e. The molecule has 2 aromatic rings. The predicted molar refractivity (Wildman–Crippen MR) is 114 cm³/mol. The van der Waals surface area contributed by atoms with Gasteiger partial charge in [0.15, 0.2) is 0 Å². The van der Waals surface area contributed by atoms with Crippen LogP contribution in [0, 0.1) is 6.92 Å². The first-order valence-corrected chi connectivity index (χ1v) is 10.1. The topological polar surface area (TPSA) is 41.6 Å². The molecule has 0 bridgehead atoms. The number of hydrogen-bond donors (Lipinski definition) is 1. The van der Waals surface area contributed by atoms with Crippen LogP contribution in [0.25, 0.3) is 0 Å². The normalized spacial score (nSPS) is 16.6. The zero-order chi connectivity index (χ0) is 20.1. The molecule has 1 aliphatic rings. The highest BCUT2D eigenvalue weighted by Crippen LogP contribution is 2.26. The smallest absolute Gasteiger partial charge is 0.251 e. The van der Waals surface area contributed by atoms with E-state index in [1.165, 1.54) is 11.1 Å². The Bertz CT molecular complexity index is 787. The standard InChI is InChI=1S/C24H32N2O2/c1-18-6-5-7-20(16-18)23(27)25-17-22(26-12-14-28-15-13-26)19-8-10-21(11-9-19)24(2,3)4/h5-11,16,22H,12-15,17H2,1-4H3,(H,25,27)/t22-/m0/s1. The average molecular weight is 381 g/mol. The highest BCUT2D eigenvalue weighted by Gasteiger charge is 2.24. The highest BCUT2D eigenvalue weighted by molar-refractivity contribution is 5.94. The van der Waals surface area contributed by atoms with Crippen LogP contribution in [0.1, 0.15) is 53.9 Å². The number of aryl methyl sites for hydroxylation is 1. The lowest BCUT2D eigenvalue weighted by atomic mass is 9.86. The molecule has 1 atom stereocenters. The van der Waals surface area contributed by atoms with Crippen molar-refractivity contribution in [2.45, 2.75) is 39.2 Å². The second-order valence-corrected chi connectivity index (χ2v) is 8.62. The van der Waals surface area contributed by atoms with E-state index in [0.29, 0.717) is 12.1 Å². The first kappa shape index (κ1) is 20.6. The van der Waals surface area contributed by atoms with Gasteiger partial charge in [0.25, 0.3) is 5.91 Å². The third-order valence-electron chi connectivity index (χ3n) is 5.38. The highest BCUT2D eigenvalue weighted by atomic mass is 16.5. The third kappa shape index (κ3) is 5.21. The Balaban J connectivity index is 1.76. The Labute approximate surface area is 168 Å². The summed E-state index contributed by atoms with van der Waals surface area (Å²) in [6, 6.07) is 16.7. The van der Waals surface area contributed by atoms with Crippen LogP contribution in [-0.4, -0.2) is 43.7 Å². The second kappa shape index (κ2) is 8.89. The maximum absolute atomic E-state index is 12.6. The van der Waals surface area contributed by atoms with E-state index in [0.717, 1.165) is 31.9 Å². The number of ether oxygens (including phenoxy) is 1. The number of nitrogens with zero attached hydrogens (tertiary/aromatic N) is 1. The minimum Gasteiger partial charge on any atom is -0.379 e.